The zero-order valence-corrected chi connectivity index (χ0v) is 16.1. The van der Waals surface area contributed by atoms with E-state index in [1.807, 2.05) is 97.9 Å². The Morgan fingerprint density at radius 1 is 0.517 bits per heavy atom. The van der Waals surface area contributed by atoms with E-state index in [-0.39, 0.29) is 0 Å². The van der Waals surface area contributed by atoms with Gasteiger partial charge in [0.2, 0.25) is 0 Å². The first-order chi connectivity index (χ1) is 14.1. The molecule has 4 aromatic rings. The molecule has 0 bridgehead atoms. The standard InChI is InChI=1S/C25H22N2O2/c1-17-16-24(14-15-25(17)27)29-22-10-4-19(5-11-22)18-2-8-21(9-3-18)28-23-12-6-20(26)7-13-23/h2-16H,26-27H2,1H3. The molecule has 4 rings (SSSR count). The molecule has 0 aliphatic rings. The Bertz CT molecular complexity index is 1100. The molecule has 4 aromatic carbocycles. The number of ether oxygens (including phenoxy) is 2. The molecule has 29 heavy (non-hydrogen) atoms. The molecule has 0 atom stereocenters. The van der Waals surface area contributed by atoms with Crippen molar-refractivity contribution in [3.05, 3.63) is 96.6 Å². The third-order valence-electron chi connectivity index (χ3n) is 4.63. The summed E-state index contributed by atoms with van der Waals surface area (Å²) in [5, 5.41) is 0. The summed E-state index contributed by atoms with van der Waals surface area (Å²) >= 11 is 0. The molecular weight excluding hydrogens is 360 g/mol. The average molecular weight is 382 g/mol. The minimum absolute atomic E-state index is 0.714. The first-order valence-electron chi connectivity index (χ1n) is 9.35. The Morgan fingerprint density at radius 2 is 0.931 bits per heavy atom. The van der Waals surface area contributed by atoms with Crippen LogP contribution in [0.5, 0.6) is 23.0 Å². The van der Waals surface area contributed by atoms with E-state index in [1.54, 1.807) is 0 Å². The molecule has 4 N–H and O–H groups in total. The van der Waals surface area contributed by atoms with Crippen LogP contribution in [0.15, 0.2) is 91.0 Å². The van der Waals surface area contributed by atoms with E-state index in [4.69, 9.17) is 20.9 Å². The highest BCUT2D eigenvalue weighted by Gasteiger charge is 2.03. The summed E-state index contributed by atoms with van der Waals surface area (Å²) in [6.45, 7) is 1.96. The maximum Gasteiger partial charge on any atom is 0.127 e. The van der Waals surface area contributed by atoms with Gasteiger partial charge in [-0.15, -0.1) is 0 Å². The molecule has 0 aliphatic carbocycles. The van der Waals surface area contributed by atoms with E-state index < -0.39 is 0 Å². The van der Waals surface area contributed by atoms with Gasteiger partial charge in [0.1, 0.15) is 23.0 Å². The molecule has 0 aromatic heterocycles. The molecule has 4 nitrogen and oxygen atoms in total. The van der Waals surface area contributed by atoms with Crippen molar-refractivity contribution in [3.8, 4) is 34.1 Å². The molecule has 0 radical (unpaired) electrons. The summed E-state index contributed by atoms with van der Waals surface area (Å²) in [5.41, 5.74) is 16.2. The molecule has 0 fully saturated rings. The Hall–Kier alpha value is -3.92. The van der Waals surface area contributed by atoms with Gasteiger partial charge in [-0.2, -0.15) is 0 Å². The molecular formula is C25H22N2O2. The molecule has 0 heterocycles. The fraction of sp³-hybridized carbons (Fsp3) is 0.0400. The van der Waals surface area contributed by atoms with Crippen LogP contribution in [0, 0.1) is 6.92 Å². The second kappa shape index (κ2) is 7.98. The number of nitrogens with two attached hydrogens (primary N) is 2. The van der Waals surface area contributed by atoms with Crippen molar-refractivity contribution in [1.29, 1.82) is 0 Å². The normalized spacial score (nSPS) is 10.5. The van der Waals surface area contributed by atoms with Gasteiger partial charge in [0.15, 0.2) is 0 Å². The van der Waals surface area contributed by atoms with Crippen molar-refractivity contribution in [2.24, 2.45) is 0 Å². The smallest absolute Gasteiger partial charge is 0.127 e. The molecule has 4 heteroatoms. The van der Waals surface area contributed by atoms with Crippen LogP contribution < -0.4 is 20.9 Å². The summed E-state index contributed by atoms with van der Waals surface area (Å²) in [6, 6.07) is 29.0. The number of hydrogen-bond acceptors (Lipinski definition) is 4. The monoisotopic (exact) mass is 382 g/mol. The lowest BCUT2D eigenvalue weighted by Crippen LogP contribution is -1.90. The van der Waals surface area contributed by atoms with Gasteiger partial charge in [-0.25, -0.2) is 0 Å². The van der Waals surface area contributed by atoms with Crippen LogP contribution in [0.2, 0.25) is 0 Å². The van der Waals surface area contributed by atoms with E-state index in [0.717, 1.165) is 45.4 Å². The van der Waals surface area contributed by atoms with Gasteiger partial charge in [0.25, 0.3) is 0 Å². The summed E-state index contributed by atoms with van der Waals surface area (Å²) in [6.07, 6.45) is 0. The van der Waals surface area contributed by atoms with Gasteiger partial charge >= 0.3 is 0 Å². The molecule has 0 saturated carbocycles. The minimum Gasteiger partial charge on any atom is -0.457 e. The van der Waals surface area contributed by atoms with E-state index in [2.05, 4.69) is 0 Å². The highest BCUT2D eigenvalue weighted by atomic mass is 16.5. The maximum atomic E-state index is 5.91. The Morgan fingerprint density at radius 3 is 1.41 bits per heavy atom. The largest absolute Gasteiger partial charge is 0.457 e. The lowest BCUT2D eigenvalue weighted by atomic mass is 10.1. The number of anilines is 2. The lowest BCUT2D eigenvalue weighted by molar-refractivity contribution is 0.482. The van der Waals surface area contributed by atoms with E-state index >= 15 is 0 Å². The molecule has 144 valence electrons. The topological polar surface area (TPSA) is 70.5 Å². The van der Waals surface area contributed by atoms with Crippen molar-refractivity contribution >= 4 is 11.4 Å². The highest BCUT2D eigenvalue weighted by Crippen LogP contribution is 2.29. The minimum atomic E-state index is 0.714. The van der Waals surface area contributed by atoms with Gasteiger partial charge < -0.3 is 20.9 Å². The van der Waals surface area contributed by atoms with Crippen molar-refractivity contribution in [1.82, 2.24) is 0 Å². The van der Waals surface area contributed by atoms with Crippen LogP contribution in [0.25, 0.3) is 11.1 Å². The SMILES string of the molecule is Cc1cc(Oc2ccc(-c3ccc(Oc4ccc(N)cc4)cc3)cc2)ccc1N. The van der Waals surface area contributed by atoms with Crippen LogP contribution in [0.3, 0.4) is 0 Å². The van der Waals surface area contributed by atoms with Crippen molar-refractivity contribution in [2.45, 2.75) is 6.92 Å². The van der Waals surface area contributed by atoms with Crippen molar-refractivity contribution in [3.63, 3.8) is 0 Å². The molecule has 0 saturated heterocycles. The molecule has 0 unspecified atom stereocenters. The zero-order valence-electron chi connectivity index (χ0n) is 16.1. The van der Waals surface area contributed by atoms with E-state index in [9.17, 15) is 0 Å². The summed E-state index contributed by atoms with van der Waals surface area (Å²) in [7, 11) is 0. The lowest BCUT2D eigenvalue weighted by Gasteiger charge is -2.10. The van der Waals surface area contributed by atoms with E-state index in [1.165, 1.54) is 0 Å². The number of rotatable bonds is 5. The molecule has 0 amide bonds. The summed E-state index contributed by atoms with van der Waals surface area (Å²) in [5.74, 6) is 3.08. The Labute approximate surface area is 170 Å². The van der Waals surface area contributed by atoms with Crippen LogP contribution in [-0.2, 0) is 0 Å². The Balaban J connectivity index is 1.44. The second-order valence-electron chi connectivity index (χ2n) is 6.84. The average Bonchev–Trinajstić information content (AvgIpc) is 2.74. The Kier molecular flexibility index (Phi) is 5.08. The summed E-state index contributed by atoms with van der Waals surface area (Å²) in [4.78, 5) is 0. The fourth-order valence-electron chi connectivity index (χ4n) is 2.95. The number of aryl methyl sites for hydroxylation is 1. The van der Waals surface area contributed by atoms with Gasteiger partial charge in [-0.1, -0.05) is 24.3 Å². The van der Waals surface area contributed by atoms with Crippen LogP contribution in [0.1, 0.15) is 5.56 Å². The predicted octanol–water partition coefficient (Wildman–Crippen LogP) is 6.41. The summed E-state index contributed by atoms with van der Waals surface area (Å²) < 4.78 is 11.8. The third kappa shape index (κ3) is 4.50. The number of benzene rings is 4. The first-order valence-corrected chi connectivity index (χ1v) is 9.35. The van der Waals surface area contributed by atoms with Crippen molar-refractivity contribution in [2.75, 3.05) is 11.5 Å². The third-order valence-corrected chi connectivity index (χ3v) is 4.63. The number of hydrogen-bond donors (Lipinski definition) is 2. The van der Waals surface area contributed by atoms with Gasteiger partial charge in [0.05, 0.1) is 0 Å². The molecule has 0 aliphatic heterocycles. The molecule has 0 spiro atoms. The first kappa shape index (κ1) is 18.4. The van der Waals surface area contributed by atoms with Crippen LogP contribution in [0.4, 0.5) is 11.4 Å². The zero-order chi connectivity index (χ0) is 20.2. The van der Waals surface area contributed by atoms with Gasteiger partial charge in [-0.05, 0) is 90.3 Å². The fourth-order valence-corrected chi connectivity index (χ4v) is 2.95. The van der Waals surface area contributed by atoms with E-state index in [0.29, 0.717) is 5.69 Å². The van der Waals surface area contributed by atoms with Crippen molar-refractivity contribution < 1.29 is 9.47 Å². The predicted molar refractivity (Wildman–Crippen MR) is 118 cm³/mol. The maximum absolute atomic E-state index is 5.91. The van der Waals surface area contributed by atoms with Crippen LogP contribution in [-0.4, -0.2) is 0 Å². The van der Waals surface area contributed by atoms with Crippen LogP contribution >= 0.6 is 0 Å². The quantitative estimate of drug-likeness (QED) is 0.391. The van der Waals surface area contributed by atoms with Gasteiger partial charge in [0, 0.05) is 11.4 Å². The van der Waals surface area contributed by atoms with Gasteiger partial charge in [-0.3, -0.25) is 0 Å². The highest BCUT2D eigenvalue weighted by molar-refractivity contribution is 5.65. The second-order valence-corrected chi connectivity index (χ2v) is 6.84. The number of nitrogen functional groups attached to an aromatic ring is 2.